The normalized spacial score (nSPS) is 14.2. The van der Waals surface area contributed by atoms with Crippen LogP contribution in [0.3, 0.4) is 0 Å². The van der Waals surface area contributed by atoms with E-state index in [0.717, 1.165) is 5.56 Å². The van der Waals surface area contributed by atoms with Gasteiger partial charge in [-0.15, -0.1) is 6.58 Å². The second-order valence-corrected chi connectivity index (χ2v) is 3.93. The molecule has 3 nitrogen and oxygen atoms in total. The van der Waals surface area contributed by atoms with Gasteiger partial charge in [-0.1, -0.05) is 36.4 Å². The van der Waals surface area contributed by atoms with Crippen molar-refractivity contribution in [1.29, 1.82) is 0 Å². The molecule has 1 aromatic rings. The van der Waals surface area contributed by atoms with E-state index >= 15 is 0 Å². The monoisotopic (exact) mass is 231 g/mol. The molecule has 0 amide bonds. The quantitative estimate of drug-likeness (QED) is 0.444. The van der Waals surface area contributed by atoms with Gasteiger partial charge < -0.3 is 4.74 Å². The molecule has 1 atom stereocenters. The number of nitrogens with zero attached hydrogens (tertiary/aromatic N) is 1. The number of carbonyl (C=O) groups excluding carboxylic acids is 1. The van der Waals surface area contributed by atoms with Crippen molar-refractivity contribution in [1.82, 2.24) is 0 Å². The Bertz CT molecular complexity index is 411. The zero-order chi connectivity index (χ0) is 12.7. The molecule has 1 aromatic carbocycles. The largest absolute Gasteiger partial charge is 0.467 e. The lowest BCUT2D eigenvalue weighted by Crippen LogP contribution is -2.34. The van der Waals surface area contributed by atoms with Gasteiger partial charge in [-0.25, -0.2) is 4.79 Å². The number of carbonyl (C=O) groups is 1. The van der Waals surface area contributed by atoms with E-state index in [1.54, 1.807) is 19.2 Å². The molecule has 17 heavy (non-hydrogen) atoms. The van der Waals surface area contributed by atoms with Crippen LogP contribution in [0.2, 0.25) is 0 Å². The molecule has 0 aliphatic rings. The lowest BCUT2D eigenvalue weighted by atomic mass is 9.99. The lowest BCUT2D eigenvalue weighted by Gasteiger charge is -2.20. The second-order valence-electron chi connectivity index (χ2n) is 3.93. The van der Waals surface area contributed by atoms with Gasteiger partial charge in [-0.3, -0.25) is 4.99 Å². The standard InChI is InChI=1S/C14H17NO2/c1-4-10-14(2,13(16)17-3)15-11-12-8-6-5-7-9-12/h4-9,11H,1,10H2,2-3H3/b15-11-. The average Bonchev–Trinajstić information content (AvgIpc) is 2.37. The molecule has 90 valence electrons. The van der Waals surface area contributed by atoms with E-state index in [1.807, 2.05) is 30.3 Å². The van der Waals surface area contributed by atoms with Crippen molar-refractivity contribution in [2.45, 2.75) is 18.9 Å². The molecule has 0 fully saturated rings. The van der Waals surface area contributed by atoms with Crippen molar-refractivity contribution in [3.63, 3.8) is 0 Å². The maximum atomic E-state index is 11.7. The van der Waals surface area contributed by atoms with Gasteiger partial charge in [0.2, 0.25) is 0 Å². The Labute approximate surface area is 102 Å². The van der Waals surface area contributed by atoms with E-state index in [0.29, 0.717) is 6.42 Å². The van der Waals surface area contributed by atoms with Crippen LogP contribution in [0.4, 0.5) is 0 Å². The van der Waals surface area contributed by atoms with Crippen molar-refractivity contribution in [2.24, 2.45) is 4.99 Å². The molecule has 0 spiro atoms. The Balaban J connectivity index is 2.90. The number of rotatable bonds is 5. The number of methoxy groups -OCH3 is 1. The highest BCUT2D eigenvalue weighted by Gasteiger charge is 2.31. The first kappa shape index (κ1) is 13.2. The first-order valence-electron chi connectivity index (χ1n) is 5.42. The van der Waals surface area contributed by atoms with Crippen molar-refractivity contribution in [2.75, 3.05) is 7.11 Å². The summed E-state index contributed by atoms with van der Waals surface area (Å²) < 4.78 is 4.76. The zero-order valence-electron chi connectivity index (χ0n) is 10.2. The SMILES string of the molecule is C=CCC(C)(/N=C\c1ccccc1)C(=O)OC. The summed E-state index contributed by atoms with van der Waals surface area (Å²) in [4.78, 5) is 16.0. The predicted molar refractivity (Wildman–Crippen MR) is 69.3 cm³/mol. The molecule has 0 aromatic heterocycles. The molecule has 0 saturated carbocycles. The Morgan fingerprint density at radius 1 is 1.47 bits per heavy atom. The molecule has 1 rings (SSSR count). The molecule has 0 aliphatic carbocycles. The maximum Gasteiger partial charge on any atom is 0.333 e. The smallest absolute Gasteiger partial charge is 0.333 e. The molecule has 0 bridgehead atoms. The third kappa shape index (κ3) is 3.55. The minimum Gasteiger partial charge on any atom is -0.467 e. The molecule has 1 unspecified atom stereocenters. The van der Waals surface area contributed by atoms with E-state index in [4.69, 9.17) is 4.74 Å². The topological polar surface area (TPSA) is 38.7 Å². The van der Waals surface area contributed by atoms with E-state index in [1.165, 1.54) is 7.11 Å². The van der Waals surface area contributed by atoms with E-state index < -0.39 is 5.54 Å². The summed E-state index contributed by atoms with van der Waals surface area (Å²) in [5, 5.41) is 0. The minimum absolute atomic E-state index is 0.357. The fraction of sp³-hybridized carbons (Fsp3) is 0.286. The lowest BCUT2D eigenvalue weighted by molar-refractivity contribution is -0.146. The maximum absolute atomic E-state index is 11.7. The third-order valence-corrected chi connectivity index (χ3v) is 2.47. The first-order chi connectivity index (χ1) is 8.12. The molecule has 0 radical (unpaired) electrons. The van der Waals surface area contributed by atoms with E-state index in [-0.39, 0.29) is 5.97 Å². The first-order valence-corrected chi connectivity index (χ1v) is 5.42. The van der Waals surface area contributed by atoms with Gasteiger partial charge in [0.05, 0.1) is 7.11 Å². The fourth-order valence-electron chi connectivity index (χ4n) is 1.45. The molecule has 3 heteroatoms. The van der Waals surface area contributed by atoms with Crippen molar-refractivity contribution >= 4 is 12.2 Å². The zero-order valence-corrected chi connectivity index (χ0v) is 10.2. The van der Waals surface area contributed by atoms with Gasteiger partial charge >= 0.3 is 5.97 Å². The number of ether oxygens (including phenoxy) is 1. The Kier molecular flexibility index (Phi) is 4.64. The fourth-order valence-corrected chi connectivity index (χ4v) is 1.45. The van der Waals surface area contributed by atoms with Gasteiger partial charge in [0.15, 0.2) is 5.54 Å². The third-order valence-electron chi connectivity index (χ3n) is 2.47. The van der Waals surface area contributed by atoms with E-state index in [2.05, 4.69) is 11.6 Å². The summed E-state index contributed by atoms with van der Waals surface area (Å²) in [5.41, 5.74) is 0.0542. The van der Waals surface area contributed by atoms with Crippen LogP contribution in [0.5, 0.6) is 0 Å². The Morgan fingerprint density at radius 3 is 2.65 bits per heavy atom. The summed E-state index contributed by atoms with van der Waals surface area (Å²) in [6, 6.07) is 9.62. The van der Waals surface area contributed by atoms with Crippen molar-refractivity contribution in [3.8, 4) is 0 Å². The van der Waals surface area contributed by atoms with Gasteiger partial charge in [-0.2, -0.15) is 0 Å². The van der Waals surface area contributed by atoms with Crippen molar-refractivity contribution in [3.05, 3.63) is 48.6 Å². The average molecular weight is 231 g/mol. The van der Waals surface area contributed by atoms with Crippen LogP contribution in [0.1, 0.15) is 18.9 Å². The molecule has 0 N–H and O–H groups in total. The number of benzene rings is 1. The highest BCUT2D eigenvalue weighted by Crippen LogP contribution is 2.18. The highest BCUT2D eigenvalue weighted by molar-refractivity contribution is 5.86. The molecule has 0 aliphatic heterocycles. The molecule has 0 saturated heterocycles. The summed E-state index contributed by atoms with van der Waals surface area (Å²) >= 11 is 0. The molecular weight excluding hydrogens is 214 g/mol. The summed E-state index contributed by atoms with van der Waals surface area (Å²) in [5.74, 6) is -0.357. The van der Waals surface area contributed by atoms with E-state index in [9.17, 15) is 4.79 Å². The minimum atomic E-state index is -0.896. The van der Waals surface area contributed by atoms with Crippen LogP contribution in [-0.2, 0) is 9.53 Å². The Morgan fingerprint density at radius 2 is 2.12 bits per heavy atom. The highest BCUT2D eigenvalue weighted by atomic mass is 16.5. The predicted octanol–water partition coefficient (Wildman–Crippen LogP) is 2.61. The Hall–Kier alpha value is -1.90. The van der Waals surface area contributed by atoms with Crippen LogP contribution in [0.25, 0.3) is 0 Å². The number of hydrogen-bond acceptors (Lipinski definition) is 3. The van der Waals surface area contributed by atoms with Gasteiger partial charge in [0.25, 0.3) is 0 Å². The van der Waals surface area contributed by atoms with Gasteiger partial charge in [0, 0.05) is 12.6 Å². The van der Waals surface area contributed by atoms with Crippen LogP contribution < -0.4 is 0 Å². The van der Waals surface area contributed by atoms with Gasteiger partial charge in [0.1, 0.15) is 0 Å². The second kappa shape index (κ2) is 5.99. The van der Waals surface area contributed by atoms with Crippen LogP contribution in [0, 0.1) is 0 Å². The summed E-state index contributed by atoms with van der Waals surface area (Å²) in [7, 11) is 1.36. The number of esters is 1. The van der Waals surface area contributed by atoms with Crippen LogP contribution in [-0.4, -0.2) is 24.8 Å². The summed E-state index contributed by atoms with van der Waals surface area (Å²) in [6.45, 7) is 5.37. The number of hydrogen-bond donors (Lipinski definition) is 0. The van der Waals surface area contributed by atoms with Crippen LogP contribution in [0.15, 0.2) is 48.0 Å². The number of aliphatic imine (C=N–C) groups is 1. The van der Waals surface area contributed by atoms with Crippen molar-refractivity contribution < 1.29 is 9.53 Å². The van der Waals surface area contributed by atoms with Crippen LogP contribution >= 0.6 is 0 Å². The molecular formula is C14H17NO2. The molecule has 0 heterocycles. The van der Waals surface area contributed by atoms with Gasteiger partial charge in [-0.05, 0) is 12.5 Å². The summed E-state index contributed by atoms with van der Waals surface area (Å²) in [6.07, 6.45) is 3.79.